The van der Waals surface area contributed by atoms with Crippen LogP contribution in [0.3, 0.4) is 0 Å². The van der Waals surface area contributed by atoms with Gasteiger partial charge in [-0.3, -0.25) is 29.4 Å². The number of fused-ring (bicyclic) bond motifs is 2. The lowest BCUT2D eigenvalue weighted by atomic mass is 10.0. The fraction of sp³-hybridized carbons (Fsp3) is 0.517. The first kappa shape index (κ1) is 34.6. The molecule has 1 aliphatic rings. The molecule has 3 rings (SSSR count). The number of amides is 4. The van der Waals surface area contributed by atoms with Crippen LogP contribution in [0, 0.1) is 5.41 Å². The van der Waals surface area contributed by atoms with Crippen molar-refractivity contribution in [2.75, 3.05) is 19.6 Å². The molecule has 1 aromatic heterocycles. The number of carbonyl (C=O) groups excluding carboxylic acids is 4. The van der Waals surface area contributed by atoms with Crippen LogP contribution in [0.2, 0.25) is 0 Å². The van der Waals surface area contributed by atoms with E-state index in [1.807, 2.05) is 30.3 Å². The van der Waals surface area contributed by atoms with Gasteiger partial charge < -0.3 is 37.4 Å². The van der Waals surface area contributed by atoms with Crippen molar-refractivity contribution in [2.45, 2.75) is 76.0 Å². The molecule has 1 aliphatic heterocycles. The van der Waals surface area contributed by atoms with Crippen LogP contribution in [-0.4, -0.2) is 87.3 Å². The Morgan fingerprint density at radius 1 is 1.00 bits per heavy atom. The molecule has 4 atom stereocenters. The lowest BCUT2D eigenvalue weighted by Gasteiger charge is -2.24. The van der Waals surface area contributed by atoms with Gasteiger partial charge in [-0.1, -0.05) is 35.5 Å². The Hall–Kier alpha value is -4.86. The number of rotatable bonds is 12. The van der Waals surface area contributed by atoms with Gasteiger partial charge in [-0.25, -0.2) is 4.68 Å². The van der Waals surface area contributed by atoms with Crippen molar-refractivity contribution >= 4 is 35.4 Å². The zero-order valence-corrected chi connectivity index (χ0v) is 25.3. The first-order valence-corrected chi connectivity index (χ1v) is 14.9. The number of hydrogen-bond acceptors (Lipinski definition) is 9. The van der Waals surface area contributed by atoms with Crippen LogP contribution in [0.4, 0.5) is 0 Å². The highest BCUT2D eigenvalue weighted by atomic mass is 16.4. The summed E-state index contributed by atoms with van der Waals surface area (Å²) in [6.45, 7) is 1.84. The maximum Gasteiger partial charge on any atom is 0.305 e. The van der Waals surface area contributed by atoms with Gasteiger partial charge in [0, 0.05) is 6.54 Å². The first-order valence-electron chi connectivity index (χ1n) is 14.9. The molecule has 16 nitrogen and oxygen atoms in total. The summed E-state index contributed by atoms with van der Waals surface area (Å²) in [5.74, 6) is -3.72. The fourth-order valence-electron chi connectivity index (χ4n) is 4.86. The normalized spacial score (nSPS) is 21.2. The summed E-state index contributed by atoms with van der Waals surface area (Å²) in [4.78, 5) is 64.6. The van der Waals surface area contributed by atoms with E-state index in [2.05, 4.69) is 36.9 Å². The SMILES string of the molecule is CC(=N)NCCC[C@@H]1NC(=O)[C@H](CCCCN)n2cc(nn2)[C@H](Cc2ccccc2)NC(=O)[C@H](CC(=O)O)NC(=O)CNC1=O. The van der Waals surface area contributed by atoms with Crippen molar-refractivity contribution in [1.82, 2.24) is 41.6 Å². The molecular weight excluding hydrogens is 584 g/mol. The van der Waals surface area contributed by atoms with Crippen LogP contribution in [0.15, 0.2) is 36.5 Å². The standard InChI is InChI=1S/C29H42N10O6/c1-18(31)32-13-7-10-20-27(43)33-16-25(40)34-22(15-26(41)42)28(44)36-21(14-19-8-3-2-4-9-19)23-17-39(38-37-23)24(29(45)35-20)11-5-6-12-30/h2-4,8-9,17,20-22,24H,5-7,10-16,30H2,1H3,(H2,31,32)(H,33,43)(H,34,40)(H,35,45)(H,36,44)(H,41,42)/t20-,21-,22-,24-/m0/s1. The molecule has 0 saturated heterocycles. The van der Waals surface area contributed by atoms with Crippen molar-refractivity contribution in [2.24, 2.45) is 5.73 Å². The number of hydrogen-bond donors (Lipinski definition) is 8. The number of benzene rings is 1. The van der Waals surface area contributed by atoms with Crippen molar-refractivity contribution in [1.29, 1.82) is 5.41 Å². The molecule has 244 valence electrons. The molecule has 2 bridgehead atoms. The van der Waals surface area contributed by atoms with Crippen LogP contribution >= 0.6 is 0 Å². The van der Waals surface area contributed by atoms with E-state index in [9.17, 15) is 29.1 Å². The van der Waals surface area contributed by atoms with Crippen LogP contribution in [0.1, 0.15) is 68.8 Å². The van der Waals surface area contributed by atoms with Gasteiger partial charge >= 0.3 is 5.97 Å². The van der Waals surface area contributed by atoms with Gasteiger partial charge in [-0.15, -0.1) is 5.10 Å². The molecule has 2 aromatic rings. The minimum atomic E-state index is -1.44. The van der Waals surface area contributed by atoms with E-state index in [0.29, 0.717) is 44.5 Å². The van der Waals surface area contributed by atoms with Crippen molar-refractivity contribution < 1.29 is 29.1 Å². The highest BCUT2D eigenvalue weighted by molar-refractivity contribution is 5.94. The minimum Gasteiger partial charge on any atom is -0.481 e. The lowest BCUT2D eigenvalue weighted by Crippen LogP contribution is -2.53. The van der Waals surface area contributed by atoms with E-state index in [4.69, 9.17) is 11.1 Å². The highest BCUT2D eigenvalue weighted by Crippen LogP contribution is 2.21. The molecule has 16 heteroatoms. The summed E-state index contributed by atoms with van der Waals surface area (Å²) in [6, 6.07) is 5.12. The number of carbonyl (C=O) groups is 5. The van der Waals surface area contributed by atoms with Crippen molar-refractivity contribution in [3.8, 4) is 0 Å². The third kappa shape index (κ3) is 11.3. The number of unbranched alkanes of at least 4 members (excludes halogenated alkanes) is 1. The molecule has 0 aliphatic carbocycles. The van der Waals surface area contributed by atoms with Gasteiger partial charge in [0.25, 0.3) is 0 Å². The number of aromatic nitrogens is 3. The second kappa shape index (κ2) is 17.4. The van der Waals surface area contributed by atoms with E-state index in [-0.39, 0.29) is 18.7 Å². The maximum atomic E-state index is 13.7. The number of carboxylic acids is 1. The quantitative estimate of drug-likeness (QED) is 0.0835. The van der Waals surface area contributed by atoms with Crippen LogP contribution in [-0.2, 0) is 30.4 Å². The Kier molecular flexibility index (Phi) is 13.4. The van der Waals surface area contributed by atoms with E-state index in [0.717, 1.165) is 5.56 Å². The molecule has 45 heavy (non-hydrogen) atoms. The Morgan fingerprint density at radius 3 is 2.42 bits per heavy atom. The number of nitrogens with zero attached hydrogens (tertiary/aromatic N) is 3. The summed E-state index contributed by atoms with van der Waals surface area (Å²) in [7, 11) is 0. The van der Waals surface area contributed by atoms with Crippen LogP contribution in [0.25, 0.3) is 0 Å². The van der Waals surface area contributed by atoms with E-state index < -0.39 is 66.7 Å². The largest absolute Gasteiger partial charge is 0.481 e. The van der Waals surface area contributed by atoms with Crippen molar-refractivity contribution in [3.05, 3.63) is 47.8 Å². The van der Waals surface area contributed by atoms with Gasteiger partial charge in [0.15, 0.2) is 0 Å². The van der Waals surface area contributed by atoms with Gasteiger partial charge in [0.1, 0.15) is 23.8 Å². The summed E-state index contributed by atoms with van der Waals surface area (Å²) >= 11 is 0. The summed E-state index contributed by atoms with van der Waals surface area (Å²) in [5.41, 5.74) is 6.85. The van der Waals surface area contributed by atoms with Crippen LogP contribution in [0.5, 0.6) is 0 Å². The third-order valence-electron chi connectivity index (χ3n) is 7.18. The Morgan fingerprint density at radius 2 is 1.73 bits per heavy atom. The highest BCUT2D eigenvalue weighted by Gasteiger charge is 2.31. The molecule has 1 aromatic carbocycles. The predicted molar refractivity (Wildman–Crippen MR) is 163 cm³/mol. The molecule has 4 amide bonds. The van der Waals surface area contributed by atoms with E-state index >= 15 is 0 Å². The first-order chi connectivity index (χ1) is 21.6. The zero-order chi connectivity index (χ0) is 32.8. The van der Waals surface area contributed by atoms with Crippen molar-refractivity contribution in [3.63, 3.8) is 0 Å². The third-order valence-corrected chi connectivity index (χ3v) is 7.18. The van der Waals surface area contributed by atoms with Gasteiger partial charge in [-0.05, 0) is 57.6 Å². The maximum absolute atomic E-state index is 13.7. The number of aliphatic carboxylic acids is 1. The molecule has 0 saturated carbocycles. The lowest BCUT2D eigenvalue weighted by molar-refractivity contribution is -0.141. The van der Waals surface area contributed by atoms with Gasteiger partial charge in [0.2, 0.25) is 23.6 Å². The Labute approximate surface area is 260 Å². The van der Waals surface area contributed by atoms with Gasteiger partial charge in [-0.2, -0.15) is 0 Å². The minimum absolute atomic E-state index is 0.195. The number of amidine groups is 1. The monoisotopic (exact) mass is 626 g/mol. The Bertz CT molecular complexity index is 1330. The van der Waals surface area contributed by atoms with Crippen LogP contribution < -0.4 is 32.3 Å². The molecule has 2 heterocycles. The number of carboxylic acid groups (broad SMARTS) is 1. The van der Waals surface area contributed by atoms with Gasteiger partial charge in [0.05, 0.1) is 31.0 Å². The summed E-state index contributed by atoms with van der Waals surface area (Å²) < 4.78 is 1.39. The average molecular weight is 627 g/mol. The Balaban J connectivity index is 2.00. The fourth-order valence-corrected chi connectivity index (χ4v) is 4.86. The summed E-state index contributed by atoms with van der Waals surface area (Å²) in [6.07, 6.45) is 3.31. The second-order valence-electron chi connectivity index (χ2n) is 10.9. The van der Waals surface area contributed by atoms with E-state index in [1.165, 1.54) is 4.68 Å². The zero-order valence-electron chi connectivity index (χ0n) is 25.3. The van der Waals surface area contributed by atoms with E-state index in [1.54, 1.807) is 13.1 Å². The summed E-state index contributed by atoms with van der Waals surface area (Å²) in [5, 5.41) is 38.8. The average Bonchev–Trinajstić information content (AvgIpc) is 3.48. The smallest absolute Gasteiger partial charge is 0.305 e. The topological polar surface area (TPSA) is 246 Å². The predicted octanol–water partition coefficient (Wildman–Crippen LogP) is -0.711. The molecule has 0 radical (unpaired) electrons. The molecular formula is C29H42N10O6. The molecule has 0 spiro atoms. The number of nitrogens with two attached hydrogens (primary N) is 1. The molecule has 0 fully saturated rings. The number of nitrogens with one attached hydrogen (secondary N) is 6. The second-order valence-corrected chi connectivity index (χ2v) is 10.9. The molecule has 0 unspecified atom stereocenters. The molecule has 9 N–H and O–H groups in total.